The molecular formula is C10H11N3. The summed E-state index contributed by atoms with van der Waals surface area (Å²) in [6.07, 6.45) is 8.10. The fraction of sp³-hybridized carbons (Fsp3) is 0.400. The number of pyridine rings is 1. The Morgan fingerprint density at radius 1 is 1.46 bits per heavy atom. The molecule has 1 saturated carbocycles. The van der Waals surface area contributed by atoms with Crippen LogP contribution >= 0.6 is 0 Å². The van der Waals surface area contributed by atoms with E-state index in [0.29, 0.717) is 5.54 Å². The lowest BCUT2D eigenvalue weighted by atomic mass is 10.3. The van der Waals surface area contributed by atoms with Crippen molar-refractivity contribution in [2.45, 2.75) is 25.3 Å². The number of hydrogen-bond acceptors (Lipinski definition) is 2. The summed E-state index contributed by atoms with van der Waals surface area (Å²) in [7, 11) is 0. The van der Waals surface area contributed by atoms with Crippen molar-refractivity contribution in [3.8, 4) is 0 Å². The van der Waals surface area contributed by atoms with E-state index in [2.05, 4.69) is 21.5 Å². The van der Waals surface area contributed by atoms with Crippen LogP contribution in [0.4, 0.5) is 0 Å². The van der Waals surface area contributed by atoms with Crippen molar-refractivity contribution in [1.29, 1.82) is 0 Å². The Hall–Kier alpha value is -1.38. The van der Waals surface area contributed by atoms with Crippen molar-refractivity contribution >= 4 is 11.0 Å². The minimum absolute atomic E-state index is 0.329. The molecular weight excluding hydrogens is 162 g/mol. The summed E-state index contributed by atoms with van der Waals surface area (Å²) >= 11 is 0. The predicted octanol–water partition coefficient (Wildman–Crippen LogP) is 1.94. The average molecular weight is 173 g/mol. The number of nitrogens with zero attached hydrogens (tertiary/aromatic N) is 3. The first kappa shape index (κ1) is 7.06. The largest absolute Gasteiger partial charge is 0.325 e. The molecule has 0 N–H and O–H groups in total. The topological polar surface area (TPSA) is 30.7 Å². The summed E-state index contributed by atoms with van der Waals surface area (Å²) in [5.41, 5.74) is 2.53. The molecule has 3 rings (SSSR count). The Bertz CT molecular complexity index is 454. The van der Waals surface area contributed by atoms with Crippen LogP contribution in [0.2, 0.25) is 0 Å². The Kier molecular flexibility index (Phi) is 1.14. The Labute approximate surface area is 76.4 Å². The zero-order chi connectivity index (χ0) is 8.89. The molecule has 1 aliphatic carbocycles. The van der Waals surface area contributed by atoms with Crippen LogP contribution in [-0.2, 0) is 5.54 Å². The molecule has 66 valence electrons. The summed E-state index contributed by atoms with van der Waals surface area (Å²) in [4.78, 5) is 8.38. The van der Waals surface area contributed by atoms with Crippen molar-refractivity contribution in [3.05, 3.63) is 24.8 Å². The Morgan fingerprint density at radius 3 is 3.08 bits per heavy atom. The van der Waals surface area contributed by atoms with E-state index in [4.69, 9.17) is 0 Å². The van der Waals surface area contributed by atoms with Gasteiger partial charge in [0.2, 0.25) is 0 Å². The zero-order valence-electron chi connectivity index (χ0n) is 7.57. The summed E-state index contributed by atoms with van der Waals surface area (Å²) in [6, 6.07) is 2.03. The molecule has 0 radical (unpaired) electrons. The van der Waals surface area contributed by atoms with Crippen LogP contribution in [0, 0.1) is 0 Å². The fourth-order valence-electron chi connectivity index (χ4n) is 1.72. The summed E-state index contributed by atoms with van der Waals surface area (Å²) in [6.45, 7) is 2.27. The van der Waals surface area contributed by atoms with E-state index in [1.807, 2.05) is 24.8 Å². The molecule has 3 heteroatoms. The van der Waals surface area contributed by atoms with Gasteiger partial charge in [0, 0.05) is 11.7 Å². The predicted molar refractivity (Wildman–Crippen MR) is 50.4 cm³/mol. The lowest BCUT2D eigenvalue weighted by Crippen LogP contribution is -2.10. The first-order valence-electron chi connectivity index (χ1n) is 4.57. The molecule has 13 heavy (non-hydrogen) atoms. The van der Waals surface area contributed by atoms with Crippen molar-refractivity contribution in [3.63, 3.8) is 0 Å². The minimum atomic E-state index is 0.329. The summed E-state index contributed by atoms with van der Waals surface area (Å²) in [5, 5.41) is 0. The van der Waals surface area contributed by atoms with Crippen LogP contribution in [0.1, 0.15) is 19.8 Å². The molecule has 2 heterocycles. The number of hydrogen-bond donors (Lipinski definition) is 0. The standard InChI is InChI=1S/C10H11N3/c1-10(3-4-10)13-7-12-8-6-11-5-2-9(8)13/h2,5-7H,3-4H2,1H3. The van der Waals surface area contributed by atoms with Crippen LogP contribution in [-0.4, -0.2) is 14.5 Å². The summed E-state index contributed by atoms with van der Waals surface area (Å²) in [5.74, 6) is 0. The van der Waals surface area contributed by atoms with E-state index >= 15 is 0 Å². The van der Waals surface area contributed by atoms with Crippen LogP contribution < -0.4 is 0 Å². The highest BCUT2D eigenvalue weighted by molar-refractivity contribution is 5.74. The molecule has 3 nitrogen and oxygen atoms in total. The third-order valence-electron chi connectivity index (χ3n) is 2.90. The average Bonchev–Trinajstić information content (AvgIpc) is 2.76. The van der Waals surface area contributed by atoms with Gasteiger partial charge in [0.05, 0.1) is 18.0 Å². The van der Waals surface area contributed by atoms with E-state index in [9.17, 15) is 0 Å². The van der Waals surface area contributed by atoms with Crippen molar-refractivity contribution < 1.29 is 0 Å². The molecule has 0 atom stereocenters. The monoisotopic (exact) mass is 173 g/mol. The molecule has 0 saturated heterocycles. The van der Waals surface area contributed by atoms with Crippen molar-refractivity contribution in [1.82, 2.24) is 14.5 Å². The zero-order valence-corrected chi connectivity index (χ0v) is 7.57. The van der Waals surface area contributed by atoms with Crippen molar-refractivity contribution in [2.24, 2.45) is 0 Å². The van der Waals surface area contributed by atoms with Crippen LogP contribution in [0.25, 0.3) is 11.0 Å². The first-order valence-corrected chi connectivity index (χ1v) is 4.57. The molecule has 0 bridgehead atoms. The normalized spacial score (nSPS) is 19.2. The minimum Gasteiger partial charge on any atom is -0.325 e. The van der Waals surface area contributed by atoms with E-state index in [-0.39, 0.29) is 0 Å². The van der Waals surface area contributed by atoms with Crippen molar-refractivity contribution in [2.75, 3.05) is 0 Å². The first-order chi connectivity index (χ1) is 6.30. The van der Waals surface area contributed by atoms with E-state index in [0.717, 1.165) is 5.52 Å². The number of imidazole rings is 1. The van der Waals surface area contributed by atoms with E-state index in [1.165, 1.54) is 18.4 Å². The molecule has 1 aliphatic rings. The van der Waals surface area contributed by atoms with Gasteiger partial charge in [-0.3, -0.25) is 4.98 Å². The third-order valence-corrected chi connectivity index (χ3v) is 2.90. The van der Waals surface area contributed by atoms with Gasteiger partial charge in [-0.1, -0.05) is 0 Å². The lowest BCUT2D eigenvalue weighted by molar-refractivity contribution is 0.548. The van der Waals surface area contributed by atoms with Gasteiger partial charge >= 0.3 is 0 Å². The number of rotatable bonds is 1. The van der Waals surface area contributed by atoms with E-state index < -0.39 is 0 Å². The molecule has 2 aromatic heterocycles. The maximum Gasteiger partial charge on any atom is 0.107 e. The lowest BCUT2D eigenvalue weighted by Gasteiger charge is -2.10. The highest BCUT2D eigenvalue weighted by Gasteiger charge is 2.39. The fourth-order valence-corrected chi connectivity index (χ4v) is 1.72. The second-order valence-electron chi connectivity index (χ2n) is 3.98. The Morgan fingerprint density at radius 2 is 2.31 bits per heavy atom. The van der Waals surface area contributed by atoms with Gasteiger partial charge in [0.25, 0.3) is 0 Å². The SMILES string of the molecule is CC1(n2cnc3cnccc32)CC1. The summed E-state index contributed by atoms with van der Waals surface area (Å²) < 4.78 is 2.27. The van der Waals surface area contributed by atoms with Gasteiger partial charge in [-0.25, -0.2) is 4.98 Å². The molecule has 2 aromatic rings. The van der Waals surface area contributed by atoms with Crippen LogP contribution in [0.3, 0.4) is 0 Å². The van der Waals surface area contributed by atoms with Gasteiger partial charge in [-0.05, 0) is 25.8 Å². The van der Waals surface area contributed by atoms with Gasteiger partial charge < -0.3 is 4.57 Å². The highest BCUT2D eigenvalue weighted by Crippen LogP contribution is 2.44. The molecule has 0 amide bonds. The quantitative estimate of drug-likeness (QED) is 0.659. The van der Waals surface area contributed by atoms with Gasteiger partial charge in [0.15, 0.2) is 0 Å². The number of aromatic nitrogens is 3. The smallest absolute Gasteiger partial charge is 0.107 e. The third kappa shape index (κ3) is 0.899. The molecule has 0 aliphatic heterocycles. The maximum absolute atomic E-state index is 4.33. The molecule has 0 aromatic carbocycles. The second-order valence-corrected chi connectivity index (χ2v) is 3.98. The molecule has 0 spiro atoms. The Balaban J connectivity index is 2.30. The van der Waals surface area contributed by atoms with Crippen LogP contribution in [0.15, 0.2) is 24.8 Å². The van der Waals surface area contributed by atoms with Gasteiger partial charge in [-0.15, -0.1) is 0 Å². The maximum atomic E-state index is 4.33. The van der Waals surface area contributed by atoms with Gasteiger partial charge in [-0.2, -0.15) is 0 Å². The second kappa shape index (κ2) is 2.10. The molecule has 1 fully saturated rings. The number of fused-ring (bicyclic) bond motifs is 1. The van der Waals surface area contributed by atoms with Gasteiger partial charge in [0.1, 0.15) is 5.52 Å². The highest BCUT2D eigenvalue weighted by atomic mass is 15.1. The van der Waals surface area contributed by atoms with Crippen LogP contribution in [0.5, 0.6) is 0 Å². The molecule has 0 unspecified atom stereocenters. The van der Waals surface area contributed by atoms with E-state index in [1.54, 1.807) is 0 Å².